The molecule has 0 fully saturated rings. The Labute approximate surface area is 155 Å². The van der Waals surface area contributed by atoms with Gasteiger partial charge in [0, 0.05) is 48.1 Å². The van der Waals surface area contributed by atoms with Crippen molar-refractivity contribution >= 4 is 11.6 Å². The molecular formula is C20H18N6O. The predicted molar refractivity (Wildman–Crippen MR) is 100 cm³/mol. The van der Waals surface area contributed by atoms with E-state index >= 15 is 0 Å². The number of aromatic amines is 1. The van der Waals surface area contributed by atoms with Gasteiger partial charge in [0.05, 0.1) is 5.69 Å². The number of H-pyrrole nitrogens is 1. The van der Waals surface area contributed by atoms with Crippen molar-refractivity contribution in [3.63, 3.8) is 0 Å². The van der Waals surface area contributed by atoms with Crippen LogP contribution < -0.4 is 0 Å². The third-order valence-electron chi connectivity index (χ3n) is 5.08. The molecule has 7 heteroatoms. The van der Waals surface area contributed by atoms with Crippen LogP contribution in [0.25, 0.3) is 16.9 Å². The summed E-state index contributed by atoms with van der Waals surface area (Å²) >= 11 is 0. The summed E-state index contributed by atoms with van der Waals surface area (Å²) < 4.78 is 1.65. The number of carbonyl (C=O) groups is 1. The molecule has 4 heterocycles. The van der Waals surface area contributed by atoms with Gasteiger partial charge in [-0.15, -0.1) is 0 Å². The third-order valence-corrected chi connectivity index (χ3v) is 5.08. The minimum absolute atomic E-state index is 0.0277. The summed E-state index contributed by atoms with van der Waals surface area (Å²) in [7, 11) is 0. The van der Waals surface area contributed by atoms with Crippen molar-refractivity contribution in [1.82, 2.24) is 29.7 Å². The number of hydrogen-bond donors (Lipinski definition) is 1. The molecule has 1 aromatic carbocycles. The van der Waals surface area contributed by atoms with Crippen molar-refractivity contribution in [2.45, 2.75) is 12.8 Å². The lowest BCUT2D eigenvalue weighted by Gasteiger charge is -2.20. The van der Waals surface area contributed by atoms with E-state index < -0.39 is 0 Å². The normalized spacial score (nSPS) is 14.1. The number of nitrogens with one attached hydrogen (secondary N) is 1. The van der Waals surface area contributed by atoms with Gasteiger partial charge in [0.1, 0.15) is 6.33 Å². The largest absolute Gasteiger partial charge is 0.338 e. The molecule has 0 bridgehead atoms. The Morgan fingerprint density at radius 3 is 2.81 bits per heavy atom. The molecule has 0 aliphatic carbocycles. The van der Waals surface area contributed by atoms with Gasteiger partial charge >= 0.3 is 0 Å². The highest BCUT2D eigenvalue weighted by Crippen LogP contribution is 2.26. The summed E-state index contributed by atoms with van der Waals surface area (Å²) in [6.07, 6.45) is 4.82. The lowest BCUT2D eigenvalue weighted by atomic mass is 10.0. The summed E-state index contributed by atoms with van der Waals surface area (Å²) in [6, 6.07) is 13.8. The molecule has 4 aromatic rings. The van der Waals surface area contributed by atoms with E-state index in [4.69, 9.17) is 0 Å². The molecule has 0 unspecified atom stereocenters. The highest BCUT2D eigenvalue weighted by molar-refractivity contribution is 5.95. The van der Waals surface area contributed by atoms with E-state index in [0.717, 1.165) is 29.8 Å². The lowest BCUT2D eigenvalue weighted by molar-refractivity contribution is 0.0762. The second-order valence-corrected chi connectivity index (χ2v) is 6.67. The van der Waals surface area contributed by atoms with E-state index in [0.29, 0.717) is 24.3 Å². The van der Waals surface area contributed by atoms with Crippen molar-refractivity contribution in [3.8, 4) is 11.3 Å². The number of carbonyl (C=O) groups excluding carboxylic acids is 1. The first kappa shape index (κ1) is 15.7. The monoisotopic (exact) mass is 358 g/mol. The van der Waals surface area contributed by atoms with Crippen LogP contribution in [0.3, 0.4) is 0 Å². The van der Waals surface area contributed by atoms with E-state index in [9.17, 15) is 4.79 Å². The summed E-state index contributed by atoms with van der Waals surface area (Å²) in [6.45, 7) is 1.34. The van der Waals surface area contributed by atoms with E-state index in [1.54, 1.807) is 22.8 Å². The minimum Gasteiger partial charge on any atom is -0.338 e. The minimum atomic E-state index is 0.0277. The quantitative estimate of drug-likeness (QED) is 0.597. The van der Waals surface area contributed by atoms with Crippen LogP contribution in [0.2, 0.25) is 0 Å². The Kier molecular flexibility index (Phi) is 3.71. The smallest absolute Gasteiger partial charge is 0.254 e. The van der Waals surface area contributed by atoms with Crippen LogP contribution in [0.4, 0.5) is 0 Å². The van der Waals surface area contributed by atoms with Gasteiger partial charge in [0.25, 0.3) is 5.91 Å². The summed E-state index contributed by atoms with van der Waals surface area (Å²) in [5, 5.41) is 11.8. The molecule has 0 spiro atoms. The number of amides is 1. The zero-order valence-electron chi connectivity index (χ0n) is 14.7. The fourth-order valence-corrected chi connectivity index (χ4v) is 3.65. The number of benzene rings is 1. The Balaban J connectivity index is 1.39. The van der Waals surface area contributed by atoms with Gasteiger partial charge in [-0.1, -0.05) is 30.3 Å². The first-order valence-electron chi connectivity index (χ1n) is 9.00. The average molecular weight is 358 g/mol. The van der Waals surface area contributed by atoms with E-state index in [1.807, 2.05) is 23.1 Å². The molecule has 27 heavy (non-hydrogen) atoms. The van der Waals surface area contributed by atoms with Gasteiger partial charge < -0.3 is 4.90 Å². The van der Waals surface area contributed by atoms with Crippen molar-refractivity contribution in [1.29, 1.82) is 0 Å². The molecule has 0 saturated heterocycles. The molecule has 1 amide bonds. The third kappa shape index (κ3) is 2.77. The second-order valence-electron chi connectivity index (χ2n) is 6.67. The SMILES string of the molecule is O=C(c1ccn2ncnc2c1)N1CCc2[nH]nc(-c3ccccc3)c2CC1. The number of pyridine rings is 1. The number of aromatic nitrogens is 5. The van der Waals surface area contributed by atoms with Crippen molar-refractivity contribution < 1.29 is 4.79 Å². The van der Waals surface area contributed by atoms with Crippen LogP contribution in [-0.4, -0.2) is 48.7 Å². The Morgan fingerprint density at radius 1 is 1.07 bits per heavy atom. The topological polar surface area (TPSA) is 79.2 Å². The van der Waals surface area contributed by atoms with Crippen LogP contribution in [0, 0.1) is 0 Å². The first-order valence-corrected chi connectivity index (χ1v) is 9.00. The van der Waals surface area contributed by atoms with Crippen LogP contribution >= 0.6 is 0 Å². The first-order chi connectivity index (χ1) is 13.3. The Bertz CT molecular complexity index is 1110. The van der Waals surface area contributed by atoms with Crippen molar-refractivity contribution in [2.75, 3.05) is 13.1 Å². The molecular weight excluding hydrogens is 340 g/mol. The number of hydrogen-bond acceptors (Lipinski definition) is 4. The number of rotatable bonds is 2. The molecule has 0 radical (unpaired) electrons. The van der Waals surface area contributed by atoms with Gasteiger partial charge in [0.15, 0.2) is 5.65 Å². The summed E-state index contributed by atoms with van der Waals surface area (Å²) in [5.74, 6) is 0.0277. The van der Waals surface area contributed by atoms with Gasteiger partial charge in [-0.3, -0.25) is 9.89 Å². The molecule has 3 aromatic heterocycles. The predicted octanol–water partition coefficient (Wildman–Crippen LogP) is 2.36. The van der Waals surface area contributed by atoms with Crippen LogP contribution in [0.1, 0.15) is 21.6 Å². The molecule has 0 saturated carbocycles. The standard InChI is InChI=1S/C20H18N6O/c27-20(15-6-11-26-18(12-15)21-13-22-26)25-9-7-16-17(8-10-25)23-24-19(16)14-4-2-1-3-5-14/h1-6,11-13H,7-10H2,(H,23,24). The maximum absolute atomic E-state index is 13.0. The average Bonchev–Trinajstić information content (AvgIpc) is 3.29. The maximum atomic E-state index is 13.0. The summed E-state index contributed by atoms with van der Waals surface area (Å²) in [4.78, 5) is 19.1. The van der Waals surface area contributed by atoms with Gasteiger partial charge in [0.2, 0.25) is 0 Å². The van der Waals surface area contributed by atoms with E-state index in [1.165, 1.54) is 11.9 Å². The van der Waals surface area contributed by atoms with Gasteiger partial charge in [-0.2, -0.15) is 10.2 Å². The van der Waals surface area contributed by atoms with Crippen molar-refractivity contribution in [2.24, 2.45) is 0 Å². The Hall–Kier alpha value is -3.48. The molecule has 5 rings (SSSR count). The fourth-order valence-electron chi connectivity index (χ4n) is 3.65. The lowest BCUT2D eigenvalue weighted by Crippen LogP contribution is -2.33. The van der Waals surface area contributed by atoms with E-state index in [-0.39, 0.29) is 5.91 Å². The molecule has 0 atom stereocenters. The summed E-state index contributed by atoms with van der Waals surface area (Å²) in [5.41, 5.74) is 5.75. The number of fused-ring (bicyclic) bond motifs is 2. The fraction of sp³-hybridized carbons (Fsp3) is 0.200. The Morgan fingerprint density at radius 2 is 1.93 bits per heavy atom. The molecule has 134 valence electrons. The van der Waals surface area contributed by atoms with Crippen LogP contribution in [-0.2, 0) is 12.8 Å². The zero-order valence-corrected chi connectivity index (χ0v) is 14.7. The number of nitrogens with zero attached hydrogens (tertiary/aromatic N) is 5. The highest BCUT2D eigenvalue weighted by Gasteiger charge is 2.24. The van der Waals surface area contributed by atoms with Crippen LogP contribution in [0.15, 0.2) is 55.0 Å². The van der Waals surface area contributed by atoms with Gasteiger partial charge in [-0.05, 0) is 18.6 Å². The highest BCUT2D eigenvalue weighted by atomic mass is 16.2. The maximum Gasteiger partial charge on any atom is 0.254 e. The molecule has 1 N–H and O–H groups in total. The zero-order chi connectivity index (χ0) is 18.2. The molecule has 7 nitrogen and oxygen atoms in total. The molecule has 1 aliphatic rings. The van der Waals surface area contributed by atoms with Crippen molar-refractivity contribution in [3.05, 3.63) is 71.8 Å². The molecule has 1 aliphatic heterocycles. The van der Waals surface area contributed by atoms with Crippen LogP contribution in [0.5, 0.6) is 0 Å². The second kappa shape index (κ2) is 6.35. The van der Waals surface area contributed by atoms with E-state index in [2.05, 4.69) is 32.4 Å². The van der Waals surface area contributed by atoms with Gasteiger partial charge in [-0.25, -0.2) is 9.50 Å².